The molecule has 0 radical (unpaired) electrons. The van der Waals surface area contributed by atoms with E-state index < -0.39 is 5.60 Å². The Labute approximate surface area is 115 Å². The molecule has 0 spiro atoms. The molecular weight excluding hydrogens is 298 g/mol. The summed E-state index contributed by atoms with van der Waals surface area (Å²) in [6.07, 6.45) is 1.53. The molecule has 0 aliphatic rings. The average molecular weight is 316 g/mol. The summed E-state index contributed by atoms with van der Waals surface area (Å²) in [6, 6.07) is 3.48. The molecule has 0 bridgehead atoms. The van der Waals surface area contributed by atoms with Gasteiger partial charge in [-0.3, -0.25) is 4.99 Å². The maximum absolute atomic E-state index is 10.2. The van der Waals surface area contributed by atoms with Crippen molar-refractivity contribution in [2.45, 2.75) is 12.5 Å². The number of furan rings is 1. The Kier molecular flexibility index (Phi) is 5.43. The molecule has 0 aliphatic carbocycles. The fourth-order valence-electron chi connectivity index (χ4n) is 1.33. The van der Waals surface area contributed by atoms with Crippen LogP contribution in [0.3, 0.4) is 0 Å². The van der Waals surface area contributed by atoms with Crippen LogP contribution in [-0.2, 0) is 5.60 Å². The quantitative estimate of drug-likeness (QED) is 0.570. The minimum absolute atomic E-state index is 0.287. The van der Waals surface area contributed by atoms with E-state index in [0.717, 1.165) is 4.48 Å². The fourth-order valence-corrected chi connectivity index (χ4v) is 1.47. The highest BCUT2D eigenvalue weighted by Gasteiger charge is 2.26. The van der Waals surface area contributed by atoms with Gasteiger partial charge in [-0.25, -0.2) is 0 Å². The highest BCUT2D eigenvalue weighted by Crippen LogP contribution is 2.19. The van der Waals surface area contributed by atoms with Crippen molar-refractivity contribution in [1.29, 1.82) is 0 Å². The maximum atomic E-state index is 10.2. The zero-order chi connectivity index (χ0) is 13.6. The molecule has 1 atom stereocenters. The van der Waals surface area contributed by atoms with Crippen LogP contribution >= 0.6 is 15.9 Å². The number of nitrogens with zero attached hydrogens (tertiary/aromatic N) is 1. The number of halogens is 1. The topological polar surface area (TPSA) is 69.8 Å². The molecule has 1 aromatic rings. The van der Waals surface area contributed by atoms with Crippen molar-refractivity contribution in [2.24, 2.45) is 4.99 Å². The number of hydrogen-bond acceptors (Lipinski definition) is 3. The normalized spacial score (nSPS) is 15.0. The molecule has 1 rings (SSSR count). The van der Waals surface area contributed by atoms with Crippen molar-refractivity contribution in [3.05, 3.63) is 35.2 Å². The number of aliphatic imine (C=N–C) groups is 1. The van der Waals surface area contributed by atoms with Gasteiger partial charge in [0.15, 0.2) is 5.96 Å². The first-order chi connectivity index (χ1) is 8.45. The van der Waals surface area contributed by atoms with Gasteiger partial charge in [-0.15, -0.1) is 0 Å². The van der Waals surface area contributed by atoms with Gasteiger partial charge in [0.25, 0.3) is 0 Å². The van der Waals surface area contributed by atoms with Crippen LogP contribution in [0.25, 0.3) is 0 Å². The molecule has 1 aromatic heterocycles. The molecule has 0 saturated carbocycles. The molecule has 18 heavy (non-hydrogen) atoms. The summed E-state index contributed by atoms with van der Waals surface area (Å²) in [5, 5.41) is 16.3. The van der Waals surface area contributed by atoms with Crippen molar-refractivity contribution in [3.8, 4) is 0 Å². The molecule has 0 saturated heterocycles. The maximum Gasteiger partial charge on any atom is 0.191 e. The van der Waals surface area contributed by atoms with E-state index in [1.807, 2.05) is 0 Å². The van der Waals surface area contributed by atoms with Crippen LogP contribution in [0.1, 0.15) is 12.7 Å². The number of nitrogens with one attached hydrogen (secondary N) is 2. The number of rotatable bonds is 5. The van der Waals surface area contributed by atoms with E-state index in [4.69, 9.17) is 4.42 Å². The summed E-state index contributed by atoms with van der Waals surface area (Å²) in [5.41, 5.74) is -1.09. The van der Waals surface area contributed by atoms with E-state index in [0.29, 0.717) is 18.3 Å². The zero-order valence-electron chi connectivity index (χ0n) is 10.5. The van der Waals surface area contributed by atoms with Gasteiger partial charge in [-0.05, 0) is 19.1 Å². The summed E-state index contributed by atoms with van der Waals surface area (Å²) in [4.78, 5) is 4.04. The summed E-state index contributed by atoms with van der Waals surface area (Å²) in [6.45, 7) is 6.24. The lowest BCUT2D eigenvalue weighted by Gasteiger charge is -2.22. The predicted octanol–water partition coefficient (Wildman–Crippen LogP) is 1.56. The summed E-state index contributed by atoms with van der Waals surface area (Å²) < 4.78 is 6.01. The molecule has 100 valence electrons. The van der Waals surface area contributed by atoms with Crippen LogP contribution in [0.4, 0.5) is 0 Å². The van der Waals surface area contributed by atoms with Gasteiger partial charge in [0.1, 0.15) is 11.4 Å². The van der Waals surface area contributed by atoms with Crippen LogP contribution in [0.5, 0.6) is 0 Å². The summed E-state index contributed by atoms with van der Waals surface area (Å²) >= 11 is 3.25. The van der Waals surface area contributed by atoms with Gasteiger partial charge in [0, 0.05) is 18.1 Å². The molecule has 3 N–H and O–H groups in total. The van der Waals surface area contributed by atoms with E-state index in [-0.39, 0.29) is 6.54 Å². The first kappa shape index (κ1) is 14.8. The lowest BCUT2D eigenvalue weighted by atomic mass is 10.0. The average Bonchev–Trinajstić information content (AvgIpc) is 2.83. The lowest BCUT2D eigenvalue weighted by Crippen LogP contribution is -2.44. The largest absolute Gasteiger partial charge is 0.466 e. The van der Waals surface area contributed by atoms with Gasteiger partial charge in [-0.2, -0.15) is 0 Å². The van der Waals surface area contributed by atoms with E-state index in [9.17, 15) is 5.11 Å². The summed E-state index contributed by atoms with van der Waals surface area (Å²) in [5.74, 6) is 1.10. The van der Waals surface area contributed by atoms with Gasteiger partial charge >= 0.3 is 0 Å². The standard InChI is InChI=1S/C12H18BrN3O2/c1-9(13)7-15-11(14-3)16-8-12(2,17)10-5-4-6-18-10/h4-6,17H,1,7-8H2,2-3H3,(H2,14,15,16). The monoisotopic (exact) mass is 315 g/mol. The van der Waals surface area contributed by atoms with E-state index in [1.54, 1.807) is 26.1 Å². The van der Waals surface area contributed by atoms with Crippen molar-refractivity contribution in [2.75, 3.05) is 20.1 Å². The highest BCUT2D eigenvalue weighted by atomic mass is 79.9. The fraction of sp³-hybridized carbons (Fsp3) is 0.417. The second-order valence-corrected chi connectivity index (χ2v) is 5.17. The molecule has 0 aliphatic heterocycles. The Bertz CT molecular complexity index is 413. The van der Waals surface area contributed by atoms with E-state index >= 15 is 0 Å². The first-order valence-corrected chi connectivity index (χ1v) is 6.29. The summed E-state index contributed by atoms with van der Waals surface area (Å²) in [7, 11) is 1.66. The third kappa shape index (κ3) is 4.54. The Hall–Kier alpha value is -1.27. The SMILES string of the molecule is C=C(Br)CNC(=NC)NCC(C)(O)c1ccco1. The van der Waals surface area contributed by atoms with Crippen LogP contribution < -0.4 is 10.6 Å². The van der Waals surface area contributed by atoms with Gasteiger partial charge < -0.3 is 20.2 Å². The second kappa shape index (κ2) is 6.61. The minimum Gasteiger partial charge on any atom is -0.466 e. The van der Waals surface area contributed by atoms with Gasteiger partial charge in [0.2, 0.25) is 0 Å². The van der Waals surface area contributed by atoms with Crippen molar-refractivity contribution < 1.29 is 9.52 Å². The van der Waals surface area contributed by atoms with Crippen LogP contribution in [0.2, 0.25) is 0 Å². The molecule has 6 heteroatoms. The number of guanidine groups is 1. The minimum atomic E-state index is -1.09. The van der Waals surface area contributed by atoms with Gasteiger partial charge in [0.05, 0.1) is 12.8 Å². The zero-order valence-corrected chi connectivity index (χ0v) is 12.1. The van der Waals surface area contributed by atoms with Crippen LogP contribution in [0, 0.1) is 0 Å². The number of aliphatic hydroxyl groups is 1. The predicted molar refractivity (Wildman–Crippen MR) is 75.7 cm³/mol. The van der Waals surface area contributed by atoms with Crippen LogP contribution in [-0.4, -0.2) is 31.2 Å². The van der Waals surface area contributed by atoms with Crippen LogP contribution in [0.15, 0.2) is 38.9 Å². The van der Waals surface area contributed by atoms with Crippen molar-refractivity contribution >= 4 is 21.9 Å². The molecule has 5 nitrogen and oxygen atoms in total. The smallest absolute Gasteiger partial charge is 0.191 e. The molecular formula is C12H18BrN3O2. The van der Waals surface area contributed by atoms with Crippen molar-refractivity contribution in [3.63, 3.8) is 0 Å². The number of hydrogen-bond donors (Lipinski definition) is 3. The third-order valence-electron chi connectivity index (χ3n) is 2.32. The first-order valence-electron chi connectivity index (χ1n) is 5.50. The Morgan fingerprint density at radius 2 is 2.33 bits per heavy atom. The molecule has 0 amide bonds. The Morgan fingerprint density at radius 3 is 2.83 bits per heavy atom. The van der Waals surface area contributed by atoms with E-state index in [1.165, 1.54) is 6.26 Å². The molecule has 1 unspecified atom stereocenters. The van der Waals surface area contributed by atoms with E-state index in [2.05, 4.69) is 38.1 Å². The van der Waals surface area contributed by atoms with Crippen molar-refractivity contribution in [1.82, 2.24) is 10.6 Å². The Balaban J connectivity index is 2.50. The Morgan fingerprint density at radius 1 is 1.61 bits per heavy atom. The molecule has 1 heterocycles. The van der Waals surface area contributed by atoms with Gasteiger partial charge in [-0.1, -0.05) is 22.5 Å². The highest BCUT2D eigenvalue weighted by molar-refractivity contribution is 9.11. The molecule has 0 aromatic carbocycles. The molecule has 0 fully saturated rings. The third-order valence-corrected chi connectivity index (χ3v) is 2.60. The lowest BCUT2D eigenvalue weighted by molar-refractivity contribution is 0.0386. The second-order valence-electron chi connectivity index (χ2n) is 4.05.